The fourth-order valence-electron chi connectivity index (χ4n) is 2.10. The van der Waals surface area contributed by atoms with Gasteiger partial charge in [-0.1, -0.05) is 0 Å². The van der Waals surface area contributed by atoms with E-state index in [0.717, 1.165) is 24.7 Å². The SMILES string of the molecule is Cc1ccccc1[C](C)([BiH2])c1ccccc1. The second-order valence-electron chi connectivity index (χ2n) is 4.38. The molecule has 0 aliphatic heterocycles. The quantitative estimate of drug-likeness (QED) is 0.673. The summed E-state index contributed by atoms with van der Waals surface area (Å²) >= 11 is 0.890. The first-order chi connectivity index (χ1) is 7.62. The molecule has 0 heterocycles. The van der Waals surface area contributed by atoms with Crippen molar-refractivity contribution in [1.82, 2.24) is 0 Å². The third-order valence-corrected chi connectivity index (χ3v) is 5.58. The summed E-state index contributed by atoms with van der Waals surface area (Å²) in [6.45, 7) is 4.56. The normalized spacial score (nSPS) is 14.4. The molecule has 2 rings (SSSR count). The average molecular weight is 406 g/mol. The third kappa shape index (κ3) is 2.20. The van der Waals surface area contributed by atoms with Crippen LogP contribution in [0.25, 0.3) is 0 Å². The van der Waals surface area contributed by atoms with E-state index in [9.17, 15) is 0 Å². The van der Waals surface area contributed by atoms with Crippen LogP contribution in [0, 0.1) is 6.92 Å². The molecule has 82 valence electrons. The van der Waals surface area contributed by atoms with Crippen LogP contribution in [0.2, 0.25) is 0 Å². The van der Waals surface area contributed by atoms with Gasteiger partial charge in [0.2, 0.25) is 0 Å². The van der Waals surface area contributed by atoms with Gasteiger partial charge in [-0.25, -0.2) is 0 Å². The molecule has 0 amide bonds. The zero-order chi connectivity index (χ0) is 11.6. The molecule has 2 aromatic carbocycles. The molecule has 0 aliphatic rings. The first-order valence-corrected chi connectivity index (χ1v) is 7.77. The van der Waals surface area contributed by atoms with Crippen LogP contribution < -0.4 is 0 Å². The molecule has 0 N–H and O–H groups in total. The van der Waals surface area contributed by atoms with E-state index in [1.807, 2.05) is 0 Å². The van der Waals surface area contributed by atoms with Gasteiger partial charge in [0.25, 0.3) is 0 Å². The van der Waals surface area contributed by atoms with Gasteiger partial charge in [0.05, 0.1) is 0 Å². The summed E-state index contributed by atoms with van der Waals surface area (Å²) in [6.07, 6.45) is 0. The summed E-state index contributed by atoms with van der Waals surface area (Å²) in [6, 6.07) is 19.6. The topological polar surface area (TPSA) is 0 Å². The van der Waals surface area contributed by atoms with Crippen LogP contribution in [-0.2, 0) is 3.12 Å². The van der Waals surface area contributed by atoms with Gasteiger partial charge in [0, 0.05) is 0 Å². The van der Waals surface area contributed by atoms with Gasteiger partial charge >= 0.3 is 113 Å². The summed E-state index contributed by atoms with van der Waals surface area (Å²) in [7, 11) is 0. The van der Waals surface area contributed by atoms with E-state index in [2.05, 4.69) is 68.4 Å². The van der Waals surface area contributed by atoms with Gasteiger partial charge in [-0.15, -0.1) is 0 Å². The van der Waals surface area contributed by atoms with Crippen LogP contribution >= 0.6 is 0 Å². The van der Waals surface area contributed by atoms with Crippen molar-refractivity contribution < 1.29 is 0 Å². The fourth-order valence-corrected chi connectivity index (χ4v) is 4.10. The van der Waals surface area contributed by atoms with Crippen molar-refractivity contribution in [2.24, 2.45) is 0 Å². The van der Waals surface area contributed by atoms with E-state index < -0.39 is 0 Å². The van der Waals surface area contributed by atoms with Crippen molar-refractivity contribution in [1.29, 1.82) is 0 Å². The Hall–Kier alpha value is -0.677. The Morgan fingerprint density at radius 1 is 0.875 bits per heavy atom. The van der Waals surface area contributed by atoms with Crippen molar-refractivity contribution in [2.75, 3.05) is 0 Å². The van der Waals surface area contributed by atoms with Crippen LogP contribution in [0.1, 0.15) is 23.6 Å². The predicted octanol–water partition coefficient (Wildman–Crippen LogP) is 2.89. The summed E-state index contributed by atoms with van der Waals surface area (Å²) in [4.78, 5) is 0. The molecule has 0 aliphatic carbocycles. The molecular formula is C15H17Bi. The molecule has 0 bridgehead atoms. The van der Waals surface area contributed by atoms with Gasteiger partial charge in [-0.2, -0.15) is 0 Å². The van der Waals surface area contributed by atoms with Crippen molar-refractivity contribution >= 4 is 24.7 Å². The summed E-state index contributed by atoms with van der Waals surface area (Å²) in [5, 5.41) is 0. The Bertz CT molecular complexity index is 472. The summed E-state index contributed by atoms with van der Waals surface area (Å²) in [5.74, 6) is 0. The molecular weight excluding hydrogens is 389 g/mol. The molecule has 0 nitrogen and oxygen atoms in total. The Morgan fingerprint density at radius 2 is 1.44 bits per heavy atom. The van der Waals surface area contributed by atoms with Crippen molar-refractivity contribution in [3.8, 4) is 0 Å². The second kappa shape index (κ2) is 4.67. The van der Waals surface area contributed by atoms with Gasteiger partial charge in [-0.05, 0) is 0 Å². The molecule has 0 saturated carbocycles. The molecule has 16 heavy (non-hydrogen) atoms. The Morgan fingerprint density at radius 3 is 2.06 bits per heavy atom. The summed E-state index contributed by atoms with van der Waals surface area (Å²) in [5.41, 5.74) is 4.32. The number of hydrogen-bond acceptors (Lipinski definition) is 0. The first kappa shape index (κ1) is 11.8. The van der Waals surface area contributed by atoms with Crippen LogP contribution in [0.15, 0.2) is 54.6 Å². The van der Waals surface area contributed by atoms with Crippen LogP contribution in [0.5, 0.6) is 0 Å². The maximum atomic E-state index is 2.36. The number of rotatable bonds is 2. The molecule has 0 radical (unpaired) electrons. The van der Waals surface area contributed by atoms with E-state index in [-0.39, 0.29) is 3.12 Å². The zero-order valence-electron chi connectivity index (χ0n) is 9.77. The summed E-state index contributed by atoms with van der Waals surface area (Å²) < 4.78 is 0.243. The number of benzene rings is 2. The van der Waals surface area contributed by atoms with E-state index in [0.29, 0.717) is 0 Å². The van der Waals surface area contributed by atoms with Crippen LogP contribution in [-0.4, -0.2) is 24.7 Å². The van der Waals surface area contributed by atoms with Gasteiger partial charge in [0.15, 0.2) is 0 Å². The van der Waals surface area contributed by atoms with Crippen molar-refractivity contribution in [3.05, 3.63) is 71.3 Å². The fraction of sp³-hybridized carbons (Fsp3) is 0.200. The van der Waals surface area contributed by atoms with E-state index in [4.69, 9.17) is 0 Å². The standard InChI is InChI=1S/C15H15.Bi.2H/c1-12-8-6-7-11-15(12)13(2)14-9-4-3-5-10-14;;;/h3-11H,1-2H3;;;. The Balaban J connectivity index is 2.51. The van der Waals surface area contributed by atoms with Gasteiger partial charge in [0.1, 0.15) is 0 Å². The van der Waals surface area contributed by atoms with Gasteiger partial charge < -0.3 is 0 Å². The first-order valence-electron chi connectivity index (χ1n) is 5.53. The van der Waals surface area contributed by atoms with E-state index in [1.165, 1.54) is 16.7 Å². The van der Waals surface area contributed by atoms with Crippen molar-refractivity contribution in [2.45, 2.75) is 17.0 Å². The minimum absolute atomic E-state index is 0.243. The monoisotopic (exact) mass is 406 g/mol. The third-order valence-electron chi connectivity index (χ3n) is 3.08. The molecule has 2 aromatic rings. The van der Waals surface area contributed by atoms with E-state index >= 15 is 0 Å². The predicted molar refractivity (Wildman–Crippen MR) is 72.6 cm³/mol. The molecule has 0 fully saturated rings. The Kier molecular flexibility index (Phi) is 3.45. The zero-order valence-corrected chi connectivity index (χ0v) is 14.3. The maximum absolute atomic E-state index is 2.36. The molecule has 1 atom stereocenters. The molecule has 1 heteroatoms. The molecule has 0 aromatic heterocycles. The molecule has 1 unspecified atom stereocenters. The van der Waals surface area contributed by atoms with E-state index in [1.54, 1.807) is 0 Å². The molecule has 0 spiro atoms. The van der Waals surface area contributed by atoms with Crippen LogP contribution in [0.3, 0.4) is 0 Å². The number of aryl methyl sites for hydroxylation is 1. The van der Waals surface area contributed by atoms with Gasteiger partial charge in [-0.3, -0.25) is 0 Å². The minimum atomic E-state index is 0.243. The Labute approximate surface area is 113 Å². The number of hydrogen-bond donors (Lipinski definition) is 0. The molecule has 0 saturated heterocycles. The van der Waals surface area contributed by atoms with Crippen molar-refractivity contribution in [3.63, 3.8) is 0 Å². The average Bonchev–Trinajstić information content (AvgIpc) is 2.30. The van der Waals surface area contributed by atoms with Crippen LogP contribution in [0.4, 0.5) is 0 Å². The second-order valence-corrected chi connectivity index (χ2v) is 8.87.